The highest BCUT2D eigenvalue weighted by Gasteiger charge is 2.58. The smallest absolute Gasteiger partial charge is 0.491 e. The molecule has 0 N–H and O–H groups in total. The monoisotopic (exact) mass is 493 g/mol. The molecule has 2 atom stereocenters. The van der Waals surface area contributed by atoms with E-state index in [2.05, 4.69) is 37.5 Å². The molecule has 3 saturated heterocycles. The van der Waals surface area contributed by atoms with Crippen molar-refractivity contribution in [3.05, 3.63) is 29.8 Å². The number of hydroxylamine groups is 2. The lowest BCUT2D eigenvalue weighted by molar-refractivity contribution is -0.392. The first-order valence-electron chi connectivity index (χ1n) is 12.2. The van der Waals surface area contributed by atoms with Crippen molar-refractivity contribution >= 4 is 6.16 Å². The summed E-state index contributed by atoms with van der Waals surface area (Å²) in [5.74, 6) is 0.0334. The zero-order valence-corrected chi connectivity index (χ0v) is 21.9. The first-order chi connectivity index (χ1) is 16.4. The molecule has 3 heterocycles. The molecule has 0 radical (unpaired) electrons. The van der Waals surface area contributed by atoms with Crippen LogP contribution in [0.2, 0.25) is 0 Å². The Morgan fingerprint density at radius 2 is 1.63 bits per heavy atom. The molecule has 0 saturated carbocycles. The summed E-state index contributed by atoms with van der Waals surface area (Å²) < 4.78 is 33.5. The van der Waals surface area contributed by atoms with Gasteiger partial charge in [-0.25, -0.2) is 4.79 Å². The van der Waals surface area contributed by atoms with Gasteiger partial charge in [-0.1, -0.05) is 12.1 Å². The summed E-state index contributed by atoms with van der Waals surface area (Å²) in [6.45, 7) is 14.2. The van der Waals surface area contributed by atoms with E-state index in [4.69, 9.17) is 28.5 Å². The van der Waals surface area contributed by atoms with E-state index in [0.717, 1.165) is 17.9 Å². The number of hydrogen-bond donors (Lipinski definition) is 0. The average Bonchev–Trinajstić information content (AvgIpc) is 3.61. The van der Waals surface area contributed by atoms with Crippen LogP contribution in [-0.4, -0.2) is 73.3 Å². The third-order valence-corrected chi connectivity index (χ3v) is 6.73. The van der Waals surface area contributed by atoms with Crippen molar-refractivity contribution in [2.24, 2.45) is 0 Å². The molecule has 0 aliphatic carbocycles. The molecule has 0 aromatic heterocycles. The van der Waals surface area contributed by atoms with Gasteiger partial charge in [-0.3, -0.25) is 4.84 Å². The number of benzene rings is 1. The predicted molar refractivity (Wildman–Crippen MR) is 127 cm³/mol. The molecule has 0 bridgehead atoms. The summed E-state index contributed by atoms with van der Waals surface area (Å²) >= 11 is 0. The van der Waals surface area contributed by atoms with E-state index >= 15 is 0 Å². The largest absolute Gasteiger partial charge is 0.508 e. The highest BCUT2D eigenvalue weighted by molar-refractivity contribution is 5.60. The zero-order valence-electron chi connectivity index (χ0n) is 21.9. The van der Waals surface area contributed by atoms with Crippen molar-refractivity contribution in [2.75, 3.05) is 33.5 Å². The van der Waals surface area contributed by atoms with Gasteiger partial charge in [-0.05, 0) is 59.2 Å². The number of epoxide rings is 1. The Hall–Kier alpha value is -1.91. The lowest BCUT2D eigenvalue weighted by Crippen LogP contribution is -2.68. The zero-order chi connectivity index (χ0) is 25.5. The second-order valence-electron chi connectivity index (χ2n) is 11.3. The van der Waals surface area contributed by atoms with Gasteiger partial charge in [0.25, 0.3) is 0 Å². The minimum absolute atomic E-state index is 0.159. The molecule has 9 nitrogen and oxygen atoms in total. The first-order valence-corrected chi connectivity index (χ1v) is 12.2. The standard InChI is InChI=1S/C26H39NO8/c1-18(19-8-10-20(11-9-19)30-12-21-13-31-21)35-27-23(2,3)14-26(15-24(27,4)5)32-16-25(6,17-33-26)34-22(28)29-7/h8-11,18,21H,12-17H2,1-7H3. The summed E-state index contributed by atoms with van der Waals surface area (Å²) in [7, 11) is 1.28. The molecule has 9 heteroatoms. The van der Waals surface area contributed by atoms with E-state index in [-0.39, 0.29) is 36.5 Å². The maximum atomic E-state index is 11.6. The Kier molecular flexibility index (Phi) is 7.11. The molecule has 1 aromatic rings. The molecule has 3 aliphatic heterocycles. The number of piperidine rings is 1. The summed E-state index contributed by atoms with van der Waals surface area (Å²) in [6, 6.07) is 8.01. The van der Waals surface area contributed by atoms with Gasteiger partial charge in [0, 0.05) is 23.9 Å². The Morgan fingerprint density at radius 3 is 2.14 bits per heavy atom. The van der Waals surface area contributed by atoms with Gasteiger partial charge in [0.2, 0.25) is 0 Å². The van der Waals surface area contributed by atoms with Gasteiger partial charge in [0.05, 0.1) is 26.9 Å². The van der Waals surface area contributed by atoms with Gasteiger partial charge in [-0.2, -0.15) is 5.06 Å². The van der Waals surface area contributed by atoms with Crippen molar-refractivity contribution in [1.29, 1.82) is 0 Å². The number of hydrogen-bond acceptors (Lipinski definition) is 9. The molecule has 1 spiro atoms. The molecule has 3 fully saturated rings. The van der Waals surface area contributed by atoms with Crippen LogP contribution in [0.3, 0.4) is 0 Å². The number of carbonyl (C=O) groups excluding carboxylic acids is 1. The van der Waals surface area contributed by atoms with Crippen molar-refractivity contribution in [1.82, 2.24) is 5.06 Å². The van der Waals surface area contributed by atoms with Gasteiger partial charge >= 0.3 is 6.16 Å². The van der Waals surface area contributed by atoms with E-state index in [1.807, 2.05) is 31.2 Å². The maximum Gasteiger partial charge on any atom is 0.508 e. The predicted octanol–water partition coefficient (Wildman–Crippen LogP) is 4.39. The third kappa shape index (κ3) is 6.09. The lowest BCUT2D eigenvalue weighted by Gasteiger charge is -2.59. The lowest BCUT2D eigenvalue weighted by atomic mass is 9.77. The topological polar surface area (TPSA) is 88.2 Å². The van der Waals surface area contributed by atoms with Crippen LogP contribution in [0.1, 0.15) is 66.1 Å². The van der Waals surface area contributed by atoms with Gasteiger partial charge in [0.1, 0.15) is 24.6 Å². The van der Waals surface area contributed by atoms with Crippen LogP contribution in [0.15, 0.2) is 24.3 Å². The van der Waals surface area contributed by atoms with Crippen LogP contribution in [0.5, 0.6) is 5.75 Å². The number of methoxy groups -OCH3 is 1. The van der Waals surface area contributed by atoms with Gasteiger partial charge in [-0.15, -0.1) is 0 Å². The molecular weight excluding hydrogens is 454 g/mol. The van der Waals surface area contributed by atoms with Crippen LogP contribution < -0.4 is 4.74 Å². The fourth-order valence-electron chi connectivity index (χ4n) is 5.19. The SMILES string of the molecule is COC(=O)OC1(C)COC2(CC(C)(C)N(OC(C)c3ccc(OCC4CO4)cc3)C(C)(C)C2)OC1. The number of nitrogens with zero attached hydrogens (tertiary/aromatic N) is 1. The normalized spacial score (nSPS) is 27.1. The summed E-state index contributed by atoms with van der Waals surface area (Å²) in [4.78, 5) is 18.2. The Bertz CT molecular complexity index is 867. The Labute approximate surface area is 207 Å². The molecule has 35 heavy (non-hydrogen) atoms. The van der Waals surface area contributed by atoms with Crippen molar-refractivity contribution in [3.8, 4) is 5.75 Å². The Balaban J connectivity index is 1.40. The van der Waals surface area contributed by atoms with Crippen molar-refractivity contribution < 1.29 is 38.1 Å². The van der Waals surface area contributed by atoms with E-state index in [9.17, 15) is 4.79 Å². The molecule has 2 unspecified atom stereocenters. The second kappa shape index (κ2) is 9.52. The van der Waals surface area contributed by atoms with E-state index in [0.29, 0.717) is 19.4 Å². The third-order valence-electron chi connectivity index (χ3n) is 6.73. The van der Waals surface area contributed by atoms with Crippen LogP contribution in [0.25, 0.3) is 0 Å². The highest BCUT2D eigenvalue weighted by Crippen LogP contribution is 2.49. The molecule has 196 valence electrons. The Morgan fingerprint density at radius 1 is 1.06 bits per heavy atom. The quantitative estimate of drug-likeness (QED) is 0.405. The van der Waals surface area contributed by atoms with E-state index in [1.54, 1.807) is 6.92 Å². The summed E-state index contributed by atoms with van der Waals surface area (Å²) in [5, 5.41) is 2.08. The fraction of sp³-hybridized carbons (Fsp3) is 0.731. The van der Waals surface area contributed by atoms with Crippen LogP contribution in [0.4, 0.5) is 4.79 Å². The van der Waals surface area contributed by atoms with Gasteiger partial charge in [0.15, 0.2) is 11.4 Å². The number of rotatable bonds is 7. The minimum atomic E-state index is -0.893. The second-order valence-corrected chi connectivity index (χ2v) is 11.3. The molecule has 0 amide bonds. The molecule has 1 aromatic carbocycles. The minimum Gasteiger partial charge on any atom is -0.491 e. The van der Waals surface area contributed by atoms with E-state index in [1.165, 1.54) is 7.11 Å². The van der Waals surface area contributed by atoms with Crippen LogP contribution >= 0.6 is 0 Å². The van der Waals surface area contributed by atoms with Gasteiger partial charge < -0.3 is 28.4 Å². The van der Waals surface area contributed by atoms with Crippen molar-refractivity contribution in [2.45, 2.75) is 89.1 Å². The number of carbonyl (C=O) groups is 1. The van der Waals surface area contributed by atoms with Crippen LogP contribution in [0, 0.1) is 0 Å². The average molecular weight is 494 g/mol. The molecule has 3 aliphatic rings. The highest BCUT2D eigenvalue weighted by atomic mass is 16.8. The number of ether oxygens (including phenoxy) is 6. The first kappa shape index (κ1) is 26.2. The van der Waals surface area contributed by atoms with Crippen molar-refractivity contribution in [3.63, 3.8) is 0 Å². The summed E-state index contributed by atoms with van der Waals surface area (Å²) in [5.41, 5.74) is -0.607. The molecular formula is C26H39NO8. The fourth-order valence-corrected chi connectivity index (χ4v) is 5.19. The molecule has 4 rings (SSSR count). The summed E-state index contributed by atoms with van der Waals surface area (Å²) in [6.07, 6.45) is 0.523. The maximum absolute atomic E-state index is 11.6. The van der Waals surface area contributed by atoms with Crippen LogP contribution in [-0.2, 0) is 28.5 Å². The van der Waals surface area contributed by atoms with E-state index < -0.39 is 17.5 Å².